The average Bonchev–Trinajstić information content (AvgIpc) is 2.66. The number of ketones is 4. The lowest BCUT2D eigenvalue weighted by Gasteiger charge is -2.34. The van der Waals surface area contributed by atoms with Gasteiger partial charge in [0.15, 0.2) is 34.2 Å². The van der Waals surface area contributed by atoms with Crippen LogP contribution in [0.5, 0.6) is 0 Å². The second-order valence-corrected chi connectivity index (χ2v) is 4.31. The molecular formula is C10H12N2O4. The zero-order chi connectivity index (χ0) is 12.1. The number of carbonyl (C=O) groups is 4. The van der Waals surface area contributed by atoms with Gasteiger partial charge in [-0.25, -0.2) is 0 Å². The van der Waals surface area contributed by atoms with Gasteiger partial charge in [0.25, 0.3) is 0 Å². The lowest BCUT2D eigenvalue weighted by molar-refractivity contribution is -0.143. The Morgan fingerprint density at radius 3 is 1.00 bits per heavy atom. The Labute approximate surface area is 91.3 Å². The molecule has 0 atom stereocenters. The number of Topliss-reactive ketones (excluding diaryl/α,β-unsaturated/α-hetero) is 4. The fourth-order valence-electron chi connectivity index (χ4n) is 2.43. The Kier molecular flexibility index (Phi) is 2.12. The van der Waals surface area contributed by atoms with Gasteiger partial charge < -0.3 is 11.5 Å². The van der Waals surface area contributed by atoms with Crippen LogP contribution in [0.2, 0.25) is 0 Å². The maximum absolute atomic E-state index is 11.7. The fourth-order valence-corrected chi connectivity index (χ4v) is 2.43. The van der Waals surface area contributed by atoms with Crippen LogP contribution < -0.4 is 11.5 Å². The van der Waals surface area contributed by atoms with Crippen LogP contribution in [0.15, 0.2) is 0 Å². The average molecular weight is 224 g/mol. The number of hydrogen-bond acceptors (Lipinski definition) is 6. The molecule has 6 heteroatoms. The number of hydrogen-bond donors (Lipinski definition) is 2. The predicted molar refractivity (Wildman–Crippen MR) is 52.3 cm³/mol. The minimum absolute atomic E-state index is 0.0468. The Hall–Kier alpha value is -1.40. The van der Waals surface area contributed by atoms with E-state index < -0.39 is 34.2 Å². The van der Waals surface area contributed by atoms with Crippen molar-refractivity contribution in [1.82, 2.24) is 0 Å². The molecule has 0 aromatic carbocycles. The minimum atomic E-state index is -2.13. The van der Waals surface area contributed by atoms with Gasteiger partial charge in [-0.1, -0.05) is 0 Å². The maximum atomic E-state index is 11.7. The monoisotopic (exact) mass is 224 g/mol. The second-order valence-electron chi connectivity index (χ2n) is 4.31. The van der Waals surface area contributed by atoms with E-state index in [2.05, 4.69) is 0 Å². The van der Waals surface area contributed by atoms with E-state index in [0.29, 0.717) is 0 Å². The highest BCUT2D eigenvalue weighted by atomic mass is 16.2. The van der Waals surface area contributed by atoms with Gasteiger partial charge in [-0.15, -0.1) is 0 Å². The van der Waals surface area contributed by atoms with Crippen molar-refractivity contribution in [3.05, 3.63) is 0 Å². The first-order valence-corrected chi connectivity index (χ1v) is 5.06. The Balaban J connectivity index is 2.58. The van der Waals surface area contributed by atoms with Crippen LogP contribution in [0.1, 0.15) is 25.7 Å². The Morgan fingerprint density at radius 2 is 0.812 bits per heavy atom. The summed E-state index contributed by atoms with van der Waals surface area (Å²) in [7, 11) is 0. The second kappa shape index (κ2) is 3.05. The molecule has 2 fully saturated rings. The van der Waals surface area contributed by atoms with Gasteiger partial charge in [-0.2, -0.15) is 0 Å². The highest BCUT2D eigenvalue weighted by Crippen LogP contribution is 2.36. The van der Waals surface area contributed by atoms with E-state index in [-0.39, 0.29) is 25.7 Å². The van der Waals surface area contributed by atoms with E-state index in [1.165, 1.54) is 0 Å². The summed E-state index contributed by atoms with van der Waals surface area (Å²) in [4.78, 5) is 46.6. The molecule has 0 radical (unpaired) electrons. The summed E-state index contributed by atoms with van der Waals surface area (Å²) < 4.78 is 0. The Morgan fingerprint density at radius 1 is 0.625 bits per heavy atom. The molecule has 4 N–H and O–H groups in total. The quantitative estimate of drug-likeness (QED) is 0.509. The van der Waals surface area contributed by atoms with Gasteiger partial charge in [-0.3, -0.25) is 19.2 Å². The first kappa shape index (κ1) is 11.1. The van der Waals surface area contributed by atoms with Crippen molar-refractivity contribution < 1.29 is 19.2 Å². The molecule has 0 aromatic rings. The van der Waals surface area contributed by atoms with Crippen LogP contribution in [0.4, 0.5) is 0 Å². The third kappa shape index (κ3) is 0.980. The molecule has 2 aliphatic carbocycles. The largest absolute Gasteiger partial charge is 0.310 e. The van der Waals surface area contributed by atoms with Crippen LogP contribution in [0.25, 0.3) is 0 Å². The predicted octanol–water partition coefficient (Wildman–Crippen LogP) is -1.75. The van der Waals surface area contributed by atoms with Crippen molar-refractivity contribution in [3.63, 3.8) is 0 Å². The zero-order valence-electron chi connectivity index (χ0n) is 8.62. The molecule has 0 spiro atoms. The molecule has 2 saturated carbocycles. The van der Waals surface area contributed by atoms with Crippen LogP contribution in [-0.2, 0) is 19.2 Å². The van der Waals surface area contributed by atoms with Gasteiger partial charge in [0, 0.05) is 25.7 Å². The molecule has 0 saturated heterocycles. The van der Waals surface area contributed by atoms with Crippen LogP contribution >= 0.6 is 0 Å². The van der Waals surface area contributed by atoms with Crippen molar-refractivity contribution >= 4 is 23.1 Å². The van der Waals surface area contributed by atoms with Gasteiger partial charge in [0.1, 0.15) is 0 Å². The van der Waals surface area contributed by atoms with Gasteiger partial charge in [0.05, 0.1) is 0 Å². The molecule has 0 unspecified atom stereocenters. The third-order valence-electron chi connectivity index (χ3n) is 3.54. The third-order valence-corrected chi connectivity index (χ3v) is 3.54. The summed E-state index contributed by atoms with van der Waals surface area (Å²) in [5.74, 6) is -2.43. The lowest BCUT2D eigenvalue weighted by Crippen LogP contribution is -2.76. The normalized spacial score (nSPS) is 27.9. The minimum Gasteiger partial charge on any atom is -0.310 e. The maximum Gasteiger partial charge on any atom is 0.166 e. The van der Waals surface area contributed by atoms with Crippen molar-refractivity contribution in [3.8, 4) is 0 Å². The summed E-state index contributed by atoms with van der Waals surface area (Å²) in [6, 6.07) is 0. The molecular weight excluding hydrogens is 212 g/mol. The van der Waals surface area contributed by atoms with Crippen molar-refractivity contribution in [2.45, 2.75) is 36.8 Å². The highest BCUT2D eigenvalue weighted by Gasteiger charge is 2.67. The van der Waals surface area contributed by atoms with E-state index in [1.54, 1.807) is 0 Å². The summed E-state index contributed by atoms with van der Waals surface area (Å²) in [5.41, 5.74) is 7.15. The van der Waals surface area contributed by atoms with E-state index >= 15 is 0 Å². The first-order chi connectivity index (χ1) is 7.35. The van der Waals surface area contributed by atoms with Gasteiger partial charge >= 0.3 is 0 Å². The lowest BCUT2D eigenvalue weighted by atomic mass is 9.73. The smallest absolute Gasteiger partial charge is 0.166 e. The standard InChI is InChI=1S/C10H12N2O4/c11-9(5(13)1-2-6(9)14)10(12)7(15)3-4-8(10)16/h1-4,11-12H2. The SMILES string of the molecule is NC1(C2(N)C(=O)CCC2=O)C(=O)CCC1=O. The van der Waals surface area contributed by atoms with Crippen LogP contribution in [0.3, 0.4) is 0 Å². The molecule has 0 bridgehead atoms. The molecule has 6 nitrogen and oxygen atoms in total. The summed E-state index contributed by atoms with van der Waals surface area (Å²) in [5, 5.41) is 0. The molecule has 2 aliphatic rings. The van der Waals surface area contributed by atoms with Gasteiger partial charge in [0.2, 0.25) is 0 Å². The molecule has 86 valence electrons. The topological polar surface area (TPSA) is 120 Å². The molecule has 0 amide bonds. The van der Waals surface area contributed by atoms with Crippen molar-refractivity contribution in [2.24, 2.45) is 11.5 Å². The number of rotatable bonds is 1. The van der Waals surface area contributed by atoms with Gasteiger partial charge in [-0.05, 0) is 0 Å². The fraction of sp³-hybridized carbons (Fsp3) is 0.600. The van der Waals surface area contributed by atoms with Crippen molar-refractivity contribution in [2.75, 3.05) is 0 Å². The molecule has 0 aliphatic heterocycles. The summed E-state index contributed by atoms with van der Waals surface area (Å²) >= 11 is 0. The number of carbonyl (C=O) groups excluding carboxylic acids is 4. The molecule has 0 heterocycles. The van der Waals surface area contributed by atoms with E-state index in [4.69, 9.17) is 11.5 Å². The van der Waals surface area contributed by atoms with Crippen LogP contribution in [-0.4, -0.2) is 34.2 Å². The molecule has 16 heavy (non-hydrogen) atoms. The van der Waals surface area contributed by atoms with Crippen LogP contribution in [0, 0.1) is 0 Å². The molecule has 0 aromatic heterocycles. The zero-order valence-corrected chi connectivity index (χ0v) is 8.62. The van der Waals surface area contributed by atoms with E-state index in [1.807, 2.05) is 0 Å². The van der Waals surface area contributed by atoms with E-state index in [9.17, 15) is 19.2 Å². The summed E-state index contributed by atoms with van der Waals surface area (Å²) in [6.07, 6.45) is -0.187. The summed E-state index contributed by atoms with van der Waals surface area (Å²) in [6.45, 7) is 0. The number of nitrogens with two attached hydrogens (primary N) is 2. The van der Waals surface area contributed by atoms with E-state index in [0.717, 1.165) is 0 Å². The van der Waals surface area contributed by atoms with Crippen molar-refractivity contribution in [1.29, 1.82) is 0 Å². The molecule has 2 rings (SSSR count). The Bertz CT molecular complexity index is 355. The first-order valence-electron chi connectivity index (χ1n) is 5.06. The highest BCUT2D eigenvalue weighted by molar-refractivity contribution is 6.31.